The summed E-state index contributed by atoms with van der Waals surface area (Å²) in [5.41, 5.74) is 0.375. The molecule has 2 aromatic rings. The van der Waals surface area contributed by atoms with Crippen molar-refractivity contribution in [2.45, 2.75) is 39.2 Å². The number of aromatic nitrogens is 2. The molecule has 3 rings (SSSR count). The van der Waals surface area contributed by atoms with Crippen molar-refractivity contribution in [1.29, 1.82) is 0 Å². The molecular weight excluding hydrogens is 361 g/mol. The van der Waals surface area contributed by atoms with Crippen molar-refractivity contribution in [3.8, 4) is 0 Å². The van der Waals surface area contributed by atoms with Gasteiger partial charge in [0.1, 0.15) is 11.6 Å². The van der Waals surface area contributed by atoms with Gasteiger partial charge in [-0.3, -0.25) is 10.1 Å². The topological polar surface area (TPSA) is 79.3 Å². The summed E-state index contributed by atoms with van der Waals surface area (Å²) in [6, 6.07) is 7.09. The number of carbonyl (C=O) groups excluding carboxylic acids is 2. The highest BCUT2D eigenvalue weighted by Crippen LogP contribution is 2.26. The van der Waals surface area contributed by atoms with Crippen LogP contribution in [-0.2, 0) is 4.79 Å². The number of anilines is 2. The third kappa shape index (κ3) is 4.68. The average molecular weight is 387 g/mol. The van der Waals surface area contributed by atoms with Crippen molar-refractivity contribution in [2.75, 3.05) is 23.7 Å². The summed E-state index contributed by atoms with van der Waals surface area (Å²) in [7, 11) is 0. The van der Waals surface area contributed by atoms with Crippen LogP contribution in [0.5, 0.6) is 0 Å². The minimum absolute atomic E-state index is 0.0463. The summed E-state index contributed by atoms with van der Waals surface area (Å²) in [5, 5.41) is 9.72. The lowest BCUT2D eigenvalue weighted by Gasteiger charge is -2.34. The molecule has 150 valence electrons. The molecule has 2 heterocycles. The summed E-state index contributed by atoms with van der Waals surface area (Å²) in [4.78, 5) is 26.5. The van der Waals surface area contributed by atoms with E-state index < -0.39 is 11.8 Å². The molecule has 1 unspecified atom stereocenters. The number of nitrogens with zero attached hydrogens (tertiary/aromatic N) is 3. The SMILES string of the molecule is CCC(C)C(=O)N1CCC(n2nccc2NC(=O)Nc2cccc(F)c2)CC1. The van der Waals surface area contributed by atoms with Crippen LogP contribution in [0.1, 0.15) is 39.2 Å². The largest absolute Gasteiger partial charge is 0.342 e. The van der Waals surface area contributed by atoms with Gasteiger partial charge in [-0.25, -0.2) is 13.9 Å². The Kier molecular flexibility index (Phi) is 6.28. The Labute approximate surface area is 163 Å². The maximum absolute atomic E-state index is 13.2. The van der Waals surface area contributed by atoms with E-state index in [1.54, 1.807) is 23.0 Å². The first-order chi connectivity index (χ1) is 13.5. The normalized spacial score (nSPS) is 15.9. The first kappa shape index (κ1) is 19.9. The molecule has 0 bridgehead atoms. The number of rotatable bonds is 5. The van der Waals surface area contributed by atoms with E-state index in [-0.39, 0.29) is 17.9 Å². The molecule has 1 aromatic heterocycles. The summed E-state index contributed by atoms with van der Waals surface area (Å²) in [5.74, 6) is 0.404. The third-order valence-corrected chi connectivity index (χ3v) is 5.15. The van der Waals surface area contributed by atoms with Crippen LogP contribution in [0.15, 0.2) is 36.5 Å². The average Bonchev–Trinajstić information content (AvgIpc) is 3.14. The van der Waals surface area contributed by atoms with E-state index in [1.807, 2.05) is 18.7 Å². The number of hydrogen-bond donors (Lipinski definition) is 2. The molecular formula is C20H26FN5O2. The van der Waals surface area contributed by atoms with Gasteiger partial charge in [-0.1, -0.05) is 19.9 Å². The van der Waals surface area contributed by atoms with Crippen LogP contribution in [-0.4, -0.2) is 39.7 Å². The van der Waals surface area contributed by atoms with Gasteiger partial charge in [0.2, 0.25) is 5.91 Å². The van der Waals surface area contributed by atoms with Crippen LogP contribution in [0.3, 0.4) is 0 Å². The molecule has 1 saturated heterocycles. The first-order valence-electron chi connectivity index (χ1n) is 9.63. The monoisotopic (exact) mass is 387 g/mol. The lowest BCUT2D eigenvalue weighted by Crippen LogP contribution is -2.41. The maximum atomic E-state index is 13.2. The minimum atomic E-state index is -0.461. The number of hydrogen-bond acceptors (Lipinski definition) is 3. The zero-order chi connectivity index (χ0) is 20.1. The summed E-state index contributed by atoms with van der Waals surface area (Å²) < 4.78 is 15.0. The molecule has 28 heavy (non-hydrogen) atoms. The zero-order valence-electron chi connectivity index (χ0n) is 16.2. The van der Waals surface area contributed by atoms with Crippen molar-refractivity contribution >= 4 is 23.4 Å². The van der Waals surface area contributed by atoms with E-state index in [0.29, 0.717) is 24.6 Å². The molecule has 0 spiro atoms. The standard InChI is InChI=1S/C20H26FN5O2/c1-3-14(2)19(27)25-11-8-17(9-12-25)26-18(7-10-22-26)24-20(28)23-16-6-4-5-15(21)13-16/h4-7,10,13-14,17H,3,8-9,11-12H2,1-2H3,(H2,23,24,28). The van der Waals surface area contributed by atoms with E-state index in [1.165, 1.54) is 18.2 Å². The molecule has 0 saturated carbocycles. The fourth-order valence-electron chi connectivity index (χ4n) is 3.37. The van der Waals surface area contributed by atoms with E-state index in [0.717, 1.165) is 19.3 Å². The van der Waals surface area contributed by atoms with Crippen molar-refractivity contribution in [1.82, 2.24) is 14.7 Å². The fourth-order valence-corrected chi connectivity index (χ4v) is 3.37. The smallest absolute Gasteiger partial charge is 0.324 e. The summed E-state index contributed by atoms with van der Waals surface area (Å²) >= 11 is 0. The van der Waals surface area contributed by atoms with Gasteiger partial charge in [0.25, 0.3) is 0 Å². The first-order valence-corrected chi connectivity index (χ1v) is 9.63. The minimum Gasteiger partial charge on any atom is -0.342 e. The molecule has 7 nitrogen and oxygen atoms in total. The van der Waals surface area contributed by atoms with E-state index >= 15 is 0 Å². The molecule has 0 aliphatic carbocycles. The highest BCUT2D eigenvalue weighted by molar-refractivity contribution is 5.99. The number of amides is 3. The van der Waals surface area contributed by atoms with Crippen LogP contribution in [0.25, 0.3) is 0 Å². The lowest BCUT2D eigenvalue weighted by molar-refractivity contribution is -0.136. The maximum Gasteiger partial charge on any atom is 0.324 e. The van der Waals surface area contributed by atoms with Crippen molar-refractivity contribution in [2.24, 2.45) is 5.92 Å². The number of piperidine rings is 1. The van der Waals surface area contributed by atoms with E-state index in [4.69, 9.17) is 0 Å². The second-order valence-electron chi connectivity index (χ2n) is 7.12. The molecule has 3 amide bonds. The van der Waals surface area contributed by atoms with Gasteiger partial charge in [-0.05, 0) is 37.5 Å². The predicted molar refractivity (Wildman–Crippen MR) is 106 cm³/mol. The summed E-state index contributed by atoms with van der Waals surface area (Å²) in [6.45, 7) is 5.35. The van der Waals surface area contributed by atoms with Crippen LogP contribution in [0, 0.1) is 11.7 Å². The Morgan fingerprint density at radius 3 is 2.68 bits per heavy atom. The van der Waals surface area contributed by atoms with Crippen molar-refractivity contribution in [3.05, 3.63) is 42.3 Å². The van der Waals surface area contributed by atoms with Gasteiger partial charge in [0.15, 0.2) is 0 Å². The zero-order valence-corrected chi connectivity index (χ0v) is 16.2. The Balaban J connectivity index is 1.58. The highest BCUT2D eigenvalue weighted by Gasteiger charge is 2.27. The van der Waals surface area contributed by atoms with Crippen LogP contribution in [0.2, 0.25) is 0 Å². The highest BCUT2D eigenvalue weighted by atomic mass is 19.1. The molecule has 1 aliphatic rings. The molecule has 1 fully saturated rings. The van der Waals surface area contributed by atoms with Gasteiger partial charge < -0.3 is 10.2 Å². The van der Waals surface area contributed by atoms with E-state index in [2.05, 4.69) is 15.7 Å². The Hall–Kier alpha value is -2.90. The van der Waals surface area contributed by atoms with Crippen LogP contribution >= 0.6 is 0 Å². The molecule has 2 N–H and O–H groups in total. The second kappa shape index (κ2) is 8.86. The van der Waals surface area contributed by atoms with Gasteiger partial charge in [0.05, 0.1) is 12.2 Å². The van der Waals surface area contributed by atoms with Crippen molar-refractivity contribution < 1.29 is 14.0 Å². The van der Waals surface area contributed by atoms with E-state index in [9.17, 15) is 14.0 Å². The number of carbonyl (C=O) groups is 2. The fraction of sp³-hybridized carbons (Fsp3) is 0.450. The van der Waals surface area contributed by atoms with Gasteiger partial charge in [0, 0.05) is 30.8 Å². The van der Waals surface area contributed by atoms with Crippen LogP contribution < -0.4 is 10.6 Å². The van der Waals surface area contributed by atoms with Gasteiger partial charge >= 0.3 is 6.03 Å². The van der Waals surface area contributed by atoms with Gasteiger partial charge in [-0.2, -0.15) is 5.10 Å². The molecule has 8 heteroatoms. The van der Waals surface area contributed by atoms with Gasteiger partial charge in [-0.15, -0.1) is 0 Å². The predicted octanol–water partition coefficient (Wildman–Crippen LogP) is 3.88. The number of nitrogens with one attached hydrogen (secondary N) is 2. The molecule has 0 radical (unpaired) electrons. The third-order valence-electron chi connectivity index (χ3n) is 5.15. The number of benzene rings is 1. The quantitative estimate of drug-likeness (QED) is 0.817. The summed E-state index contributed by atoms with van der Waals surface area (Å²) in [6.07, 6.45) is 4.04. The second-order valence-corrected chi connectivity index (χ2v) is 7.12. The Morgan fingerprint density at radius 2 is 2.00 bits per heavy atom. The Morgan fingerprint density at radius 1 is 1.25 bits per heavy atom. The lowest BCUT2D eigenvalue weighted by atomic mass is 10.0. The van der Waals surface area contributed by atoms with Crippen LogP contribution in [0.4, 0.5) is 20.7 Å². The number of likely N-dealkylation sites (tertiary alicyclic amines) is 1. The Bertz CT molecular complexity index is 830. The molecule has 1 aromatic carbocycles. The molecule has 1 atom stereocenters. The number of halogens is 1. The van der Waals surface area contributed by atoms with Crippen molar-refractivity contribution in [3.63, 3.8) is 0 Å². The molecule has 1 aliphatic heterocycles. The number of urea groups is 1.